The largest absolute Gasteiger partial charge is 0.449 e. The van der Waals surface area contributed by atoms with Gasteiger partial charge in [0.1, 0.15) is 0 Å². The van der Waals surface area contributed by atoms with E-state index in [0.717, 1.165) is 18.8 Å². The van der Waals surface area contributed by atoms with Gasteiger partial charge in [0.05, 0.1) is 15.6 Å². The number of aromatic nitrogens is 1. The predicted molar refractivity (Wildman–Crippen MR) is 108 cm³/mol. The smallest absolute Gasteiger partial charge is 0.338 e. The molecule has 0 bridgehead atoms. The van der Waals surface area contributed by atoms with Crippen LogP contribution < -0.4 is 10.2 Å². The molecule has 0 saturated carbocycles. The first kappa shape index (κ1) is 21.0. The molecule has 0 aliphatic rings. The molecule has 0 aliphatic carbocycles. The number of anilines is 2. The second-order valence-electron chi connectivity index (χ2n) is 5.74. The zero-order chi connectivity index (χ0) is 20.0. The Labute approximate surface area is 168 Å². The Bertz CT molecular complexity index is 808. The van der Waals surface area contributed by atoms with Gasteiger partial charge >= 0.3 is 5.97 Å². The molecule has 0 aliphatic heterocycles. The van der Waals surface area contributed by atoms with E-state index in [-0.39, 0.29) is 10.8 Å². The van der Waals surface area contributed by atoms with Crippen molar-refractivity contribution in [1.29, 1.82) is 0 Å². The fourth-order valence-corrected chi connectivity index (χ4v) is 2.83. The lowest BCUT2D eigenvalue weighted by atomic mass is 10.2. The Morgan fingerprint density at radius 1 is 1.19 bits per heavy atom. The molecule has 1 aromatic carbocycles. The zero-order valence-electron chi connectivity index (χ0n) is 15.3. The maximum atomic E-state index is 12.3. The minimum Gasteiger partial charge on any atom is -0.449 e. The fraction of sp³-hybridized carbons (Fsp3) is 0.316. The van der Waals surface area contributed by atoms with E-state index >= 15 is 0 Å². The molecule has 0 saturated heterocycles. The second-order valence-corrected chi connectivity index (χ2v) is 6.58. The van der Waals surface area contributed by atoms with Crippen LogP contribution in [0.1, 0.15) is 31.1 Å². The first-order chi connectivity index (χ1) is 12.8. The minimum absolute atomic E-state index is 0.151. The van der Waals surface area contributed by atoms with Crippen molar-refractivity contribution in [1.82, 2.24) is 4.98 Å². The van der Waals surface area contributed by atoms with Gasteiger partial charge < -0.3 is 15.0 Å². The normalized spacial score (nSPS) is 11.6. The van der Waals surface area contributed by atoms with Gasteiger partial charge in [-0.05, 0) is 51.1 Å². The van der Waals surface area contributed by atoms with E-state index in [1.807, 2.05) is 12.1 Å². The monoisotopic (exact) mass is 409 g/mol. The molecule has 1 heterocycles. The maximum Gasteiger partial charge on any atom is 0.338 e. The lowest BCUT2D eigenvalue weighted by Crippen LogP contribution is -2.30. The van der Waals surface area contributed by atoms with Crippen LogP contribution in [0.25, 0.3) is 0 Å². The highest BCUT2D eigenvalue weighted by Crippen LogP contribution is 2.23. The lowest BCUT2D eigenvalue weighted by Gasteiger charge is -2.21. The molecule has 1 aromatic heterocycles. The average Bonchev–Trinajstić information content (AvgIpc) is 2.65. The van der Waals surface area contributed by atoms with Crippen molar-refractivity contribution in [3.63, 3.8) is 0 Å². The zero-order valence-corrected chi connectivity index (χ0v) is 16.8. The predicted octanol–water partition coefficient (Wildman–Crippen LogP) is 4.42. The SMILES string of the molecule is CCN(CC)c1ccc(C(=O)OC(C)C(=O)Nc2ncc(Cl)cc2Cl)cc1. The summed E-state index contributed by atoms with van der Waals surface area (Å²) in [5, 5.41) is 3.06. The van der Waals surface area contributed by atoms with Gasteiger partial charge in [-0.3, -0.25) is 4.79 Å². The van der Waals surface area contributed by atoms with E-state index < -0.39 is 18.0 Å². The second kappa shape index (κ2) is 9.58. The summed E-state index contributed by atoms with van der Waals surface area (Å²) < 4.78 is 5.23. The van der Waals surface area contributed by atoms with E-state index in [1.165, 1.54) is 19.2 Å². The molecule has 6 nitrogen and oxygen atoms in total. The number of rotatable bonds is 7. The summed E-state index contributed by atoms with van der Waals surface area (Å²) >= 11 is 11.7. The number of hydrogen-bond donors (Lipinski definition) is 1. The highest BCUT2D eigenvalue weighted by Gasteiger charge is 2.20. The van der Waals surface area contributed by atoms with Gasteiger partial charge in [-0.1, -0.05) is 23.2 Å². The summed E-state index contributed by atoms with van der Waals surface area (Å²) in [6, 6.07) is 8.52. The summed E-state index contributed by atoms with van der Waals surface area (Å²) in [5.74, 6) is -0.976. The van der Waals surface area contributed by atoms with Gasteiger partial charge in [-0.15, -0.1) is 0 Å². The topological polar surface area (TPSA) is 71.5 Å². The van der Waals surface area contributed by atoms with Gasteiger partial charge in [-0.25, -0.2) is 9.78 Å². The number of amides is 1. The van der Waals surface area contributed by atoms with E-state index in [0.29, 0.717) is 10.6 Å². The van der Waals surface area contributed by atoms with Crippen molar-refractivity contribution in [2.45, 2.75) is 26.9 Å². The van der Waals surface area contributed by atoms with Crippen molar-refractivity contribution in [3.8, 4) is 0 Å². The number of esters is 1. The number of halogens is 2. The maximum absolute atomic E-state index is 12.3. The highest BCUT2D eigenvalue weighted by molar-refractivity contribution is 6.36. The van der Waals surface area contributed by atoms with Gasteiger partial charge in [0.25, 0.3) is 5.91 Å². The molecular weight excluding hydrogens is 389 g/mol. The van der Waals surface area contributed by atoms with Crippen LogP contribution >= 0.6 is 23.2 Å². The summed E-state index contributed by atoms with van der Waals surface area (Å²) in [6.45, 7) is 7.35. The van der Waals surface area contributed by atoms with Crippen molar-refractivity contribution in [2.75, 3.05) is 23.3 Å². The van der Waals surface area contributed by atoms with Crippen molar-refractivity contribution in [3.05, 3.63) is 52.1 Å². The standard InChI is InChI=1S/C19H21Cl2N3O3/c1-4-24(5-2)15-8-6-13(7-9-15)19(26)27-12(3)18(25)23-17-16(21)10-14(20)11-22-17/h6-12H,4-5H2,1-3H3,(H,22,23,25). The number of benzene rings is 1. The van der Waals surface area contributed by atoms with Crippen LogP contribution in [-0.4, -0.2) is 36.1 Å². The molecular formula is C19H21Cl2N3O3. The number of nitrogens with zero attached hydrogens (tertiary/aromatic N) is 2. The summed E-state index contributed by atoms with van der Waals surface area (Å²) in [7, 11) is 0. The van der Waals surface area contributed by atoms with E-state index in [1.54, 1.807) is 12.1 Å². The van der Waals surface area contributed by atoms with Gasteiger partial charge in [-0.2, -0.15) is 0 Å². The fourth-order valence-electron chi connectivity index (χ4n) is 2.40. The summed E-state index contributed by atoms with van der Waals surface area (Å²) in [4.78, 5) is 30.6. The van der Waals surface area contributed by atoms with Crippen LogP contribution in [0.4, 0.5) is 11.5 Å². The van der Waals surface area contributed by atoms with Crippen LogP contribution in [0.5, 0.6) is 0 Å². The lowest BCUT2D eigenvalue weighted by molar-refractivity contribution is -0.123. The summed E-state index contributed by atoms with van der Waals surface area (Å²) in [6.07, 6.45) is 0.338. The van der Waals surface area contributed by atoms with Crippen LogP contribution in [0, 0.1) is 0 Å². The molecule has 2 aromatic rings. The molecule has 0 fully saturated rings. The van der Waals surface area contributed by atoms with E-state index in [4.69, 9.17) is 27.9 Å². The number of pyridine rings is 1. The molecule has 1 atom stereocenters. The Hall–Kier alpha value is -2.31. The molecule has 8 heteroatoms. The Balaban J connectivity index is 1.98. The van der Waals surface area contributed by atoms with Gasteiger partial charge in [0, 0.05) is 25.0 Å². The first-order valence-electron chi connectivity index (χ1n) is 8.53. The third kappa shape index (κ3) is 5.58. The van der Waals surface area contributed by atoms with Crippen molar-refractivity contribution in [2.24, 2.45) is 0 Å². The van der Waals surface area contributed by atoms with Gasteiger partial charge in [0.2, 0.25) is 0 Å². The Morgan fingerprint density at radius 2 is 1.81 bits per heavy atom. The van der Waals surface area contributed by atoms with Crippen molar-refractivity contribution < 1.29 is 14.3 Å². The van der Waals surface area contributed by atoms with E-state index in [2.05, 4.69) is 29.0 Å². The van der Waals surface area contributed by atoms with Gasteiger partial charge in [0.15, 0.2) is 11.9 Å². The first-order valence-corrected chi connectivity index (χ1v) is 9.29. The van der Waals surface area contributed by atoms with Crippen LogP contribution in [-0.2, 0) is 9.53 Å². The van der Waals surface area contributed by atoms with Crippen molar-refractivity contribution >= 4 is 46.6 Å². The van der Waals surface area contributed by atoms with Crippen LogP contribution in [0.15, 0.2) is 36.5 Å². The number of nitrogens with one attached hydrogen (secondary N) is 1. The van der Waals surface area contributed by atoms with Crippen LogP contribution in [0.2, 0.25) is 10.0 Å². The van der Waals surface area contributed by atoms with E-state index in [9.17, 15) is 9.59 Å². The average molecular weight is 410 g/mol. The number of carbonyl (C=O) groups excluding carboxylic acids is 2. The highest BCUT2D eigenvalue weighted by atomic mass is 35.5. The Kier molecular flexibility index (Phi) is 7.45. The number of ether oxygens (including phenoxy) is 1. The number of hydrogen-bond acceptors (Lipinski definition) is 5. The third-order valence-corrected chi connectivity index (χ3v) is 4.43. The molecule has 1 amide bonds. The molecule has 0 spiro atoms. The van der Waals surface area contributed by atoms with Crippen LogP contribution in [0.3, 0.4) is 0 Å². The molecule has 27 heavy (non-hydrogen) atoms. The third-order valence-electron chi connectivity index (χ3n) is 3.93. The molecule has 1 unspecified atom stereocenters. The molecule has 1 N–H and O–H groups in total. The Morgan fingerprint density at radius 3 is 2.37 bits per heavy atom. The quantitative estimate of drug-likeness (QED) is 0.685. The minimum atomic E-state index is -1.02. The molecule has 2 rings (SSSR count). The summed E-state index contributed by atoms with van der Waals surface area (Å²) in [5.41, 5.74) is 1.39. The number of carbonyl (C=O) groups is 2. The molecule has 144 valence electrons. The molecule has 0 radical (unpaired) electrons.